The topological polar surface area (TPSA) is 30.2 Å². The van der Waals surface area contributed by atoms with Crippen molar-refractivity contribution in [2.75, 3.05) is 0 Å². The van der Waals surface area contributed by atoms with Crippen molar-refractivity contribution in [3.05, 3.63) is 40.9 Å². The highest BCUT2D eigenvalue weighted by Crippen LogP contribution is 2.30. The zero-order valence-corrected chi connectivity index (χ0v) is 11.8. The third-order valence-electron chi connectivity index (χ3n) is 3.16. The lowest BCUT2D eigenvalue weighted by atomic mass is 10.2. The minimum atomic E-state index is 0.953. The molecule has 0 aliphatic rings. The van der Waals surface area contributed by atoms with Crippen LogP contribution in [0.5, 0.6) is 0 Å². The maximum absolute atomic E-state index is 4.51. The van der Waals surface area contributed by atoms with Crippen LogP contribution in [0.25, 0.3) is 16.6 Å². The van der Waals surface area contributed by atoms with E-state index < -0.39 is 0 Å². The summed E-state index contributed by atoms with van der Waals surface area (Å²) in [6.07, 6.45) is 7.10. The fraction of sp³-hybridized carbons (Fsp3) is 0.286. The maximum Gasteiger partial charge on any atom is 0.146 e. The van der Waals surface area contributed by atoms with Crippen LogP contribution >= 0.6 is 15.9 Å². The first-order chi connectivity index (χ1) is 8.81. The fourth-order valence-corrected chi connectivity index (χ4v) is 2.80. The molecule has 0 bridgehead atoms. The smallest absolute Gasteiger partial charge is 0.146 e. The van der Waals surface area contributed by atoms with Crippen molar-refractivity contribution < 1.29 is 0 Å². The highest BCUT2D eigenvalue weighted by molar-refractivity contribution is 9.10. The number of aromatic nitrogens is 3. The number of aryl methyl sites for hydroxylation is 1. The molecule has 0 saturated carbocycles. The number of fused-ring (bicyclic) bond motifs is 3. The summed E-state index contributed by atoms with van der Waals surface area (Å²) in [5.74, 6) is 0. The Morgan fingerprint density at radius 2 is 2.22 bits per heavy atom. The zero-order chi connectivity index (χ0) is 12.5. The van der Waals surface area contributed by atoms with E-state index in [9.17, 15) is 0 Å². The molecule has 0 amide bonds. The zero-order valence-electron chi connectivity index (χ0n) is 10.2. The highest BCUT2D eigenvalue weighted by Gasteiger charge is 2.10. The molecule has 0 N–H and O–H groups in total. The molecular formula is C14H14BrN3. The van der Waals surface area contributed by atoms with Crippen molar-refractivity contribution in [2.45, 2.75) is 26.2 Å². The predicted octanol–water partition coefficient (Wildman–Crippen LogP) is 3.99. The number of halogens is 1. The first-order valence-electron chi connectivity index (χ1n) is 6.20. The largest absolute Gasteiger partial charge is 0.283 e. The first-order valence-corrected chi connectivity index (χ1v) is 6.99. The van der Waals surface area contributed by atoms with Gasteiger partial charge in [-0.2, -0.15) is 0 Å². The second-order valence-electron chi connectivity index (χ2n) is 4.43. The highest BCUT2D eigenvalue weighted by atomic mass is 79.9. The summed E-state index contributed by atoms with van der Waals surface area (Å²) in [5.41, 5.74) is 3.24. The van der Waals surface area contributed by atoms with Gasteiger partial charge in [0.1, 0.15) is 12.0 Å². The molecule has 0 spiro atoms. The molecule has 0 atom stereocenters. The summed E-state index contributed by atoms with van der Waals surface area (Å²) in [6.45, 7) is 2.20. The Bertz CT molecular complexity index is 703. The molecule has 3 aromatic heterocycles. The van der Waals surface area contributed by atoms with Crippen LogP contribution in [0.1, 0.15) is 25.5 Å². The van der Waals surface area contributed by atoms with Gasteiger partial charge in [0.15, 0.2) is 0 Å². The van der Waals surface area contributed by atoms with Gasteiger partial charge >= 0.3 is 0 Å². The SMILES string of the molecule is CCCCc1cc2c(Br)c3cccnc3n2cn1. The number of nitrogens with zero attached hydrogens (tertiary/aromatic N) is 3. The monoisotopic (exact) mass is 303 g/mol. The van der Waals surface area contributed by atoms with E-state index in [1.807, 2.05) is 23.0 Å². The lowest BCUT2D eigenvalue weighted by Gasteiger charge is -2.01. The summed E-state index contributed by atoms with van der Waals surface area (Å²) < 4.78 is 3.14. The lowest BCUT2D eigenvalue weighted by molar-refractivity contribution is 0.773. The van der Waals surface area contributed by atoms with Gasteiger partial charge in [-0.25, -0.2) is 9.97 Å². The number of hydrogen-bond donors (Lipinski definition) is 0. The van der Waals surface area contributed by atoms with Gasteiger partial charge in [0.2, 0.25) is 0 Å². The van der Waals surface area contributed by atoms with E-state index in [-0.39, 0.29) is 0 Å². The van der Waals surface area contributed by atoms with E-state index in [1.165, 1.54) is 12.8 Å². The predicted molar refractivity (Wildman–Crippen MR) is 76.8 cm³/mol. The molecule has 4 heteroatoms. The standard InChI is InChI=1S/C14H14BrN3/c1-2-3-5-10-8-12-13(15)11-6-4-7-16-14(11)18(12)9-17-10/h4,6-9H,2-3,5H2,1H3. The molecule has 3 rings (SSSR count). The van der Waals surface area contributed by atoms with Crippen molar-refractivity contribution >= 4 is 32.5 Å². The van der Waals surface area contributed by atoms with Crippen LogP contribution in [0.3, 0.4) is 0 Å². The minimum absolute atomic E-state index is 0.953. The number of rotatable bonds is 3. The Morgan fingerprint density at radius 1 is 1.33 bits per heavy atom. The van der Waals surface area contributed by atoms with E-state index in [0.717, 1.165) is 33.1 Å². The molecule has 0 aromatic carbocycles. The van der Waals surface area contributed by atoms with Crippen molar-refractivity contribution in [2.24, 2.45) is 0 Å². The molecule has 3 nitrogen and oxygen atoms in total. The van der Waals surface area contributed by atoms with Crippen molar-refractivity contribution in [3.63, 3.8) is 0 Å². The molecule has 92 valence electrons. The molecule has 0 saturated heterocycles. The number of unbranched alkanes of at least 4 members (excludes halogenated alkanes) is 1. The Labute approximate surface area is 114 Å². The van der Waals surface area contributed by atoms with E-state index in [4.69, 9.17) is 0 Å². The average molecular weight is 304 g/mol. The molecule has 3 heterocycles. The summed E-state index contributed by atoms with van der Waals surface area (Å²) in [4.78, 5) is 8.92. The second kappa shape index (κ2) is 4.69. The van der Waals surface area contributed by atoms with Gasteiger partial charge in [-0.3, -0.25) is 4.40 Å². The van der Waals surface area contributed by atoms with E-state index >= 15 is 0 Å². The third-order valence-corrected chi connectivity index (χ3v) is 4.00. The Kier molecular flexibility index (Phi) is 3.04. The van der Waals surface area contributed by atoms with Crippen molar-refractivity contribution in [1.82, 2.24) is 14.4 Å². The number of pyridine rings is 1. The fourth-order valence-electron chi connectivity index (χ4n) is 2.19. The van der Waals surface area contributed by atoms with Crippen LogP contribution in [0.4, 0.5) is 0 Å². The quantitative estimate of drug-likeness (QED) is 0.732. The van der Waals surface area contributed by atoms with Gasteiger partial charge in [-0.15, -0.1) is 0 Å². The van der Waals surface area contributed by atoms with E-state index in [2.05, 4.69) is 45.0 Å². The van der Waals surface area contributed by atoms with Crippen LogP contribution in [-0.2, 0) is 6.42 Å². The normalized spacial score (nSPS) is 11.4. The Hall–Kier alpha value is -1.42. The Balaban J connectivity index is 2.22. The van der Waals surface area contributed by atoms with Gasteiger partial charge in [0.25, 0.3) is 0 Å². The van der Waals surface area contributed by atoms with Crippen LogP contribution in [0.15, 0.2) is 35.2 Å². The summed E-state index contributed by atoms with van der Waals surface area (Å²) in [7, 11) is 0. The third kappa shape index (κ3) is 1.81. The van der Waals surface area contributed by atoms with Gasteiger partial charge in [0.05, 0.1) is 9.99 Å². The molecule has 0 radical (unpaired) electrons. The van der Waals surface area contributed by atoms with Gasteiger partial charge in [-0.1, -0.05) is 13.3 Å². The molecule has 18 heavy (non-hydrogen) atoms. The van der Waals surface area contributed by atoms with Crippen LogP contribution < -0.4 is 0 Å². The molecule has 0 unspecified atom stereocenters. The van der Waals surface area contributed by atoms with Gasteiger partial charge < -0.3 is 0 Å². The molecule has 0 aliphatic carbocycles. The minimum Gasteiger partial charge on any atom is -0.283 e. The van der Waals surface area contributed by atoms with Gasteiger partial charge in [0, 0.05) is 17.3 Å². The summed E-state index contributed by atoms with van der Waals surface area (Å²) in [6, 6.07) is 6.19. The first kappa shape index (κ1) is 11.7. The van der Waals surface area contributed by atoms with Gasteiger partial charge in [-0.05, 0) is 47.0 Å². The maximum atomic E-state index is 4.51. The van der Waals surface area contributed by atoms with Crippen LogP contribution in [0.2, 0.25) is 0 Å². The summed E-state index contributed by atoms with van der Waals surface area (Å²) in [5, 5.41) is 1.13. The van der Waals surface area contributed by atoms with Crippen molar-refractivity contribution in [3.8, 4) is 0 Å². The van der Waals surface area contributed by atoms with E-state index in [0.29, 0.717) is 0 Å². The lowest BCUT2D eigenvalue weighted by Crippen LogP contribution is -1.94. The Morgan fingerprint density at radius 3 is 3.06 bits per heavy atom. The van der Waals surface area contributed by atoms with Crippen LogP contribution in [-0.4, -0.2) is 14.4 Å². The average Bonchev–Trinajstić information content (AvgIpc) is 2.71. The van der Waals surface area contributed by atoms with E-state index in [1.54, 1.807) is 0 Å². The number of hydrogen-bond acceptors (Lipinski definition) is 2. The summed E-state index contributed by atoms with van der Waals surface area (Å²) >= 11 is 3.67. The molecule has 0 aliphatic heterocycles. The van der Waals surface area contributed by atoms with Crippen molar-refractivity contribution in [1.29, 1.82) is 0 Å². The van der Waals surface area contributed by atoms with Crippen LogP contribution in [0, 0.1) is 0 Å². The molecule has 3 aromatic rings. The molecular weight excluding hydrogens is 290 g/mol. The second-order valence-corrected chi connectivity index (χ2v) is 5.22. The molecule has 0 fully saturated rings.